The van der Waals surface area contributed by atoms with Crippen LogP contribution in [0, 0.1) is 11.7 Å². The summed E-state index contributed by atoms with van der Waals surface area (Å²) in [5, 5.41) is 15.1. The quantitative estimate of drug-likeness (QED) is 0.707. The summed E-state index contributed by atoms with van der Waals surface area (Å²) in [6, 6.07) is 8.02. The lowest BCUT2D eigenvalue weighted by Crippen LogP contribution is -2.38. The molecule has 0 aliphatic carbocycles. The van der Waals surface area contributed by atoms with E-state index < -0.39 is 0 Å². The number of benzene rings is 1. The lowest BCUT2D eigenvalue weighted by Gasteiger charge is -2.32. The van der Waals surface area contributed by atoms with Crippen molar-refractivity contribution < 1.29 is 9.18 Å². The lowest BCUT2D eigenvalue weighted by atomic mass is 9.96. The third-order valence-electron chi connectivity index (χ3n) is 4.53. The summed E-state index contributed by atoms with van der Waals surface area (Å²) in [5.74, 6) is 0.374. The lowest BCUT2D eigenvalue weighted by molar-refractivity contribution is -0.120. The van der Waals surface area contributed by atoms with Crippen LogP contribution in [0.15, 0.2) is 41.1 Å². The van der Waals surface area contributed by atoms with Crippen molar-refractivity contribution in [2.45, 2.75) is 12.8 Å². The molecule has 1 aromatic carbocycles. The summed E-state index contributed by atoms with van der Waals surface area (Å²) in [5.41, 5.74) is 1.28. The van der Waals surface area contributed by atoms with E-state index in [0.717, 1.165) is 31.7 Å². The molecule has 1 aliphatic heterocycles. The van der Waals surface area contributed by atoms with Gasteiger partial charge in [-0.05, 0) is 59.1 Å². The normalized spacial score (nSPS) is 15.4. The molecule has 7 nitrogen and oxygen atoms in total. The molecule has 2 aromatic heterocycles. The Hall–Kier alpha value is -2.55. The molecule has 1 saturated heterocycles. The van der Waals surface area contributed by atoms with Gasteiger partial charge >= 0.3 is 0 Å². The number of aromatic nitrogens is 4. The van der Waals surface area contributed by atoms with E-state index in [9.17, 15) is 9.18 Å². The smallest absolute Gasteiger partial charge is 0.227 e. The number of fused-ring (bicyclic) bond motifs is 1. The van der Waals surface area contributed by atoms with Gasteiger partial charge in [-0.2, -0.15) is 4.52 Å². The van der Waals surface area contributed by atoms with Crippen molar-refractivity contribution in [2.24, 2.45) is 5.92 Å². The second kappa shape index (κ2) is 6.99. The molecule has 134 valence electrons. The Morgan fingerprint density at radius 1 is 1.23 bits per heavy atom. The first-order chi connectivity index (χ1) is 12.6. The second-order valence-corrected chi connectivity index (χ2v) is 7.05. The highest BCUT2D eigenvalue weighted by molar-refractivity contribution is 9.10. The Morgan fingerprint density at radius 2 is 2.04 bits per heavy atom. The molecule has 26 heavy (non-hydrogen) atoms. The maximum Gasteiger partial charge on any atom is 0.227 e. The molecule has 4 rings (SSSR count). The van der Waals surface area contributed by atoms with E-state index in [4.69, 9.17) is 0 Å². The van der Waals surface area contributed by atoms with Gasteiger partial charge in [-0.1, -0.05) is 0 Å². The van der Waals surface area contributed by atoms with Gasteiger partial charge in [0.15, 0.2) is 5.65 Å². The molecular weight excluding hydrogens is 403 g/mol. The zero-order valence-electron chi connectivity index (χ0n) is 13.8. The number of piperidine rings is 1. The number of carbonyl (C=O) groups excluding carboxylic acids is 1. The standard InChI is InChI=1S/C17H16BrFN6O/c18-13-9-12(19)1-2-14(13)21-17(26)11-5-7-24(8-6-11)16-4-3-15-22-20-10-25(15)23-16/h1-4,9-11H,5-8H2,(H,21,26). The summed E-state index contributed by atoms with van der Waals surface area (Å²) in [6.45, 7) is 1.48. The maximum absolute atomic E-state index is 13.2. The van der Waals surface area contributed by atoms with Crippen molar-refractivity contribution in [1.82, 2.24) is 19.8 Å². The Labute approximate surface area is 157 Å². The van der Waals surface area contributed by atoms with E-state index in [2.05, 4.69) is 41.4 Å². The largest absolute Gasteiger partial charge is 0.355 e. The number of hydrogen-bond acceptors (Lipinski definition) is 5. The zero-order chi connectivity index (χ0) is 18.1. The van der Waals surface area contributed by atoms with Gasteiger partial charge in [-0.25, -0.2) is 4.39 Å². The molecule has 0 spiro atoms. The minimum absolute atomic E-state index is 0.0424. The number of nitrogens with zero attached hydrogens (tertiary/aromatic N) is 5. The van der Waals surface area contributed by atoms with Crippen molar-refractivity contribution in [1.29, 1.82) is 0 Å². The van der Waals surface area contributed by atoms with Gasteiger partial charge < -0.3 is 10.2 Å². The first-order valence-corrected chi connectivity index (χ1v) is 9.07. The molecule has 3 heterocycles. The molecule has 1 fully saturated rings. The van der Waals surface area contributed by atoms with Crippen LogP contribution in [0.25, 0.3) is 5.65 Å². The van der Waals surface area contributed by atoms with Crippen LogP contribution >= 0.6 is 15.9 Å². The fraction of sp³-hybridized carbons (Fsp3) is 0.294. The first kappa shape index (κ1) is 16.9. The fourth-order valence-corrected chi connectivity index (χ4v) is 3.53. The number of amides is 1. The summed E-state index contributed by atoms with van der Waals surface area (Å²) < 4.78 is 15.3. The Balaban J connectivity index is 1.38. The third-order valence-corrected chi connectivity index (χ3v) is 5.18. The topological polar surface area (TPSA) is 75.4 Å². The number of hydrogen-bond donors (Lipinski definition) is 1. The highest BCUT2D eigenvalue weighted by atomic mass is 79.9. The average molecular weight is 419 g/mol. The van der Waals surface area contributed by atoms with Crippen LogP contribution < -0.4 is 10.2 Å². The van der Waals surface area contributed by atoms with E-state index in [1.807, 2.05) is 12.1 Å². The summed E-state index contributed by atoms with van der Waals surface area (Å²) in [4.78, 5) is 14.7. The fourth-order valence-electron chi connectivity index (χ4n) is 3.08. The van der Waals surface area contributed by atoms with Gasteiger partial charge in [0, 0.05) is 23.5 Å². The summed E-state index contributed by atoms with van der Waals surface area (Å²) >= 11 is 3.27. The van der Waals surface area contributed by atoms with E-state index >= 15 is 0 Å². The number of nitrogens with one attached hydrogen (secondary N) is 1. The zero-order valence-corrected chi connectivity index (χ0v) is 15.4. The Bertz CT molecular complexity index is 953. The molecule has 0 atom stereocenters. The molecule has 1 N–H and O–H groups in total. The summed E-state index contributed by atoms with van der Waals surface area (Å²) in [6.07, 6.45) is 3.03. The van der Waals surface area contributed by atoms with Crippen LogP contribution in [0.1, 0.15) is 12.8 Å². The average Bonchev–Trinajstić information content (AvgIpc) is 3.12. The van der Waals surface area contributed by atoms with Crippen molar-refractivity contribution in [3.05, 3.63) is 46.9 Å². The maximum atomic E-state index is 13.2. The van der Waals surface area contributed by atoms with Crippen molar-refractivity contribution >= 4 is 39.0 Å². The van der Waals surface area contributed by atoms with Gasteiger partial charge in [0.1, 0.15) is 18.0 Å². The molecule has 0 radical (unpaired) electrons. The van der Waals surface area contributed by atoms with E-state index in [1.165, 1.54) is 12.1 Å². The molecule has 0 unspecified atom stereocenters. The SMILES string of the molecule is O=C(Nc1ccc(F)cc1Br)C1CCN(c2ccc3nncn3n2)CC1. The Morgan fingerprint density at radius 3 is 2.81 bits per heavy atom. The highest BCUT2D eigenvalue weighted by Crippen LogP contribution is 2.26. The predicted molar refractivity (Wildman–Crippen MR) is 98.4 cm³/mol. The van der Waals surface area contributed by atoms with Crippen molar-refractivity contribution in [2.75, 3.05) is 23.3 Å². The van der Waals surface area contributed by atoms with E-state index in [1.54, 1.807) is 16.9 Å². The minimum atomic E-state index is -0.347. The molecule has 0 bridgehead atoms. The number of rotatable bonds is 3. The molecular formula is C17H16BrFN6O. The van der Waals surface area contributed by atoms with Gasteiger partial charge in [-0.3, -0.25) is 4.79 Å². The third kappa shape index (κ3) is 3.39. The van der Waals surface area contributed by atoms with Crippen LogP contribution in [-0.2, 0) is 4.79 Å². The van der Waals surface area contributed by atoms with Gasteiger partial charge in [0.05, 0.1) is 5.69 Å². The molecule has 0 saturated carbocycles. The Kier molecular flexibility index (Phi) is 4.54. The van der Waals surface area contributed by atoms with E-state index in [-0.39, 0.29) is 17.6 Å². The molecule has 1 aliphatic rings. The predicted octanol–water partition coefficient (Wildman–Crippen LogP) is 2.88. The van der Waals surface area contributed by atoms with Crippen molar-refractivity contribution in [3.8, 4) is 0 Å². The number of anilines is 2. The number of carbonyl (C=O) groups is 1. The van der Waals surface area contributed by atoms with E-state index in [0.29, 0.717) is 15.8 Å². The second-order valence-electron chi connectivity index (χ2n) is 6.20. The molecule has 1 amide bonds. The van der Waals surface area contributed by atoms with Gasteiger partial charge in [-0.15, -0.1) is 15.3 Å². The van der Waals surface area contributed by atoms with Crippen LogP contribution in [0.5, 0.6) is 0 Å². The monoisotopic (exact) mass is 418 g/mol. The van der Waals surface area contributed by atoms with Crippen LogP contribution in [-0.4, -0.2) is 38.8 Å². The first-order valence-electron chi connectivity index (χ1n) is 8.28. The summed E-state index contributed by atoms with van der Waals surface area (Å²) in [7, 11) is 0. The van der Waals surface area contributed by atoms with Crippen molar-refractivity contribution in [3.63, 3.8) is 0 Å². The minimum Gasteiger partial charge on any atom is -0.355 e. The van der Waals surface area contributed by atoms with Crippen LogP contribution in [0.3, 0.4) is 0 Å². The van der Waals surface area contributed by atoms with Gasteiger partial charge in [0.2, 0.25) is 5.91 Å². The van der Waals surface area contributed by atoms with Crippen LogP contribution in [0.4, 0.5) is 15.9 Å². The molecule has 3 aromatic rings. The van der Waals surface area contributed by atoms with Crippen LogP contribution in [0.2, 0.25) is 0 Å². The highest BCUT2D eigenvalue weighted by Gasteiger charge is 2.26. The number of halogens is 2. The van der Waals surface area contributed by atoms with Gasteiger partial charge in [0.25, 0.3) is 0 Å². The molecule has 9 heteroatoms.